The van der Waals surface area contributed by atoms with E-state index in [2.05, 4.69) is 18.2 Å². The highest BCUT2D eigenvalue weighted by Gasteiger charge is 2.58. The molecule has 216 valence electrons. The first-order valence-corrected chi connectivity index (χ1v) is 15.3. The van der Waals surface area contributed by atoms with Gasteiger partial charge in [0.25, 0.3) is 5.91 Å². The monoisotopic (exact) mass is 607 g/mol. The number of benzene rings is 1. The summed E-state index contributed by atoms with van der Waals surface area (Å²) in [7, 11) is 0. The Balaban J connectivity index is 0.00000323. The molecule has 2 bridgehead atoms. The van der Waals surface area contributed by atoms with Gasteiger partial charge in [0.05, 0.1) is 39.9 Å². The zero-order valence-corrected chi connectivity index (χ0v) is 24.9. The molecule has 4 fully saturated rings. The van der Waals surface area contributed by atoms with Crippen LogP contribution in [0.1, 0.15) is 19.4 Å². The molecule has 5 aliphatic rings. The molecule has 40 heavy (non-hydrogen) atoms. The van der Waals surface area contributed by atoms with Gasteiger partial charge in [-0.2, -0.15) is 0 Å². The van der Waals surface area contributed by atoms with Gasteiger partial charge in [0.2, 0.25) is 5.91 Å². The lowest BCUT2D eigenvalue weighted by Crippen LogP contribution is -3.00. The summed E-state index contributed by atoms with van der Waals surface area (Å²) in [6.45, 7) is 11.0. The second kappa shape index (κ2) is 10.6. The van der Waals surface area contributed by atoms with Gasteiger partial charge in [-0.3, -0.25) is 9.59 Å². The molecule has 7 rings (SSSR count). The van der Waals surface area contributed by atoms with Crippen LogP contribution in [0.25, 0.3) is 10.2 Å². The molecule has 4 saturated heterocycles. The van der Waals surface area contributed by atoms with Crippen LogP contribution in [-0.2, 0) is 20.9 Å². The fourth-order valence-corrected chi connectivity index (χ4v) is 9.41. The molecule has 13 heteroatoms. The normalized spacial score (nSPS) is 31.6. The van der Waals surface area contributed by atoms with Crippen molar-refractivity contribution < 1.29 is 46.0 Å². The topological polar surface area (TPSA) is 137 Å². The van der Waals surface area contributed by atoms with Crippen LogP contribution >= 0.6 is 23.1 Å². The molecule has 3 N–H and O–H groups in total. The van der Waals surface area contributed by atoms with Gasteiger partial charge >= 0.3 is 0 Å². The van der Waals surface area contributed by atoms with Gasteiger partial charge in [-0.15, -0.1) is 11.3 Å². The van der Waals surface area contributed by atoms with E-state index in [-0.39, 0.29) is 41.9 Å². The Hall–Kier alpha value is -2.22. The second-order valence-corrected chi connectivity index (χ2v) is 14.0. The number of hydrogen-bond donors (Lipinski definition) is 2. The third kappa shape index (κ3) is 4.82. The van der Waals surface area contributed by atoms with Crippen LogP contribution in [0, 0.1) is 11.8 Å². The van der Waals surface area contributed by atoms with E-state index >= 15 is 0 Å². The third-order valence-electron chi connectivity index (χ3n) is 9.45. The molecule has 0 unspecified atom stereocenters. The summed E-state index contributed by atoms with van der Waals surface area (Å²) >= 11 is 3.06. The second-order valence-electron chi connectivity index (χ2n) is 11.8. The number of thioether (sulfide) groups is 1. The molecule has 4 atom stereocenters. The van der Waals surface area contributed by atoms with Crippen molar-refractivity contribution in [2.45, 2.75) is 36.9 Å². The van der Waals surface area contributed by atoms with Crippen molar-refractivity contribution in [3.05, 3.63) is 35.0 Å². The molecule has 10 nitrogen and oxygen atoms in total. The lowest BCUT2D eigenvalue weighted by atomic mass is 9.78. The van der Waals surface area contributed by atoms with Gasteiger partial charge in [0.15, 0.2) is 10.9 Å². The SMILES string of the molecule is C[C@@H](O)[C@H]1C(=O)N2C(C(=O)[O-])=C(CSc3nc4cc(C[N+]56CC[N+](CC(N)=O)(CC5)CC6)ccc4s3)[C@H](C)[C@H]12.[Cl-]. The van der Waals surface area contributed by atoms with Crippen LogP contribution in [0.2, 0.25) is 0 Å². The minimum atomic E-state index is -1.35. The summed E-state index contributed by atoms with van der Waals surface area (Å²) in [5, 5.41) is 22.0. The molecular formula is C27H34ClN5O5S2. The zero-order chi connectivity index (χ0) is 27.7. The van der Waals surface area contributed by atoms with Crippen molar-refractivity contribution in [2.75, 3.05) is 51.6 Å². The number of aliphatic hydroxyl groups excluding tert-OH is 1. The smallest absolute Gasteiger partial charge is 0.272 e. The van der Waals surface area contributed by atoms with Gasteiger partial charge in [0, 0.05) is 17.2 Å². The summed E-state index contributed by atoms with van der Waals surface area (Å²) in [6, 6.07) is 6.13. The lowest BCUT2D eigenvalue weighted by Gasteiger charge is -2.55. The first-order chi connectivity index (χ1) is 18.5. The number of nitrogens with two attached hydrogens (primary N) is 1. The molecule has 0 aliphatic carbocycles. The van der Waals surface area contributed by atoms with Crippen LogP contribution in [0.5, 0.6) is 0 Å². The molecule has 1 aromatic carbocycles. The molecule has 2 amide bonds. The maximum Gasteiger partial charge on any atom is 0.272 e. The highest BCUT2D eigenvalue weighted by atomic mass is 35.5. The van der Waals surface area contributed by atoms with Crippen molar-refractivity contribution in [3.8, 4) is 0 Å². The van der Waals surface area contributed by atoms with Gasteiger partial charge in [-0.25, -0.2) is 4.98 Å². The van der Waals surface area contributed by atoms with Gasteiger partial charge < -0.3 is 47.0 Å². The number of nitrogens with zero attached hydrogens (tertiary/aromatic N) is 4. The maximum atomic E-state index is 12.6. The predicted octanol–water partition coefficient (Wildman–Crippen LogP) is -3.10. The van der Waals surface area contributed by atoms with Crippen molar-refractivity contribution in [2.24, 2.45) is 17.6 Å². The van der Waals surface area contributed by atoms with Crippen LogP contribution in [0.3, 0.4) is 0 Å². The van der Waals surface area contributed by atoms with E-state index in [0.29, 0.717) is 17.9 Å². The fourth-order valence-electron chi connectivity index (χ4n) is 7.21. The molecule has 0 spiro atoms. The standard InChI is InChI=1S/C27H33N5O5S2.ClH/c1-15-18(24(26(36)37)30-23(15)22(16(2)33)25(30)35)14-38-27-29-19-11-17(3-4-20(19)39-27)12-31-5-8-32(9-6-31,10-7-31)13-21(28)34;/h3-4,11,15-16,22-23,33H,5-10,12-14H2,1-2H3,(H-2,28,34,36,37);1H/t15-,16+,22+,23+,31?,32?;/m0./s1. The zero-order valence-electron chi connectivity index (χ0n) is 22.5. The lowest BCUT2D eigenvalue weighted by molar-refractivity contribution is -1.08. The number of carboxylic acid groups (broad SMARTS) is 1. The molecule has 1 aromatic heterocycles. The highest BCUT2D eigenvalue weighted by Crippen LogP contribution is 2.48. The number of aliphatic carboxylic acids is 1. The number of carbonyl (C=O) groups is 3. The number of carbonyl (C=O) groups excluding carboxylic acids is 3. The summed E-state index contributed by atoms with van der Waals surface area (Å²) in [5.74, 6) is -2.26. The minimum absolute atomic E-state index is 0. The molecule has 2 aromatic rings. The number of quaternary nitrogens is 2. The molecule has 6 heterocycles. The fraction of sp³-hybridized carbons (Fsp3) is 0.556. The van der Waals surface area contributed by atoms with Crippen molar-refractivity contribution >= 4 is 51.1 Å². The Morgan fingerprint density at radius 1 is 1.23 bits per heavy atom. The summed E-state index contributed by atoms with van der Waals surface area (Å²) in [6.07, 6.45) is -0.827. The first kappa shape index (κ1) is 29.3. The summed E-state index contributed by atoms with van der Waals surface area (Å²) < 4.78 is 3.81. The van der Waals surface area contributed by atoms with E-state index in [1.165, 1.54) is 22.2 Å². The average molecular weight is 608 g/mol. The van der Waals surface area contributed by atoms with Crippen LogP contribution in [0.15, 0.2) is 33.8 Å². The van der Waals surface area contributed by atoms with Gasteiger partial charge in [-0.1, -0.05) is 24.8 Å². The van der Waals surface area contributed by atoms with E-state index < -0.39 is 18.0 Å². The largest absolute Gasteiger partial charge is 1.00 e. The molecular weight excluding hydrogens is 574 g/mol. The van der Waals surface area contributed by atoms with E-state index in [9.17, 15) is 24.6 Å². The van der Waals surface area contributed by atoms with Gasteiger partial charge in [-0.05, 0) is 24.6 Å². The number of aromatic nitrogens is 1. The number of piperazine rings is 3. The average Bonchev–Trinajstić information content (AvgIpc) is 3.39. The number of hydrogen-bond acceptors (Lipinski definition) is 8. The first-order valence-electron chi connectivity index (χ1n) is 13.5. The van der Waals surface area contributed by atoms with Crippen LogP contribution in [-0.4, -0.2) is 105 Å². The number of amides is 2. The Morgan fingerprint density at radius 3 is 2.48 bits per heavy atom. The Kier molecular flexibility index (Phi) is 7.73. The summed E-state index contributed by atoms with van der Waals surface area (Å²) in [4.78, 5) is 42.2. The highest BCUT2D eigenvalue weighted by molar-refractivity contribution is 8.01. The quantitative estimate of drug-likeness (QED) is 0.175. The molecule has 0 saturated carbocycles. The molecule has 0 radical (unpaired) electrons. The van der Waals surface area contributed by atoms with Crippen molar-refractivity contribution in [3.63, 3.8) is 0 Å². The number of thiazole rings is 1. The number of β-lactam (4-membered cyclic amide) rings is 1. The number of carboxylic acids is 1. The number of aliphatic hydroxyl groups is 1. The predicted molar refractivity (Wildman–Crippen MR) is 145 cm³/mol. The van der Waals surface area contributed by atoms with E-state index in [1.54, 1.807) is 18.3 Å². The maximum absolute atomic E-state index is 12.6. The number of rotatable bonds is 9. The number of primary amides is 1. The van der Waals surface area contributed by atoms with Crippen molar-refractivity contribution in [1.29, 1.82) is 0 Å². The number of halogens is 1. The van der Waals surface area contributed by atoms with E-state index in [0.717, 1.165) is 69.3 Å². The van der Waals surface area contributed by atoms with E-state index in [1.807, 2.05) is 6.92 Å². The van der Waals surface area contributed by atoms with Gasteiger partial charge in [0.1, 0.15) is 45.8 Å². The Morgan fingerprint density at radius 2 is 1.88 bits per heavy atom. The van der Waals surface area contributed by atoms with E-state index in [4.69, 9.17) is 10.7 Å². The third-order valence-corrected chi connectivity index (χ3v) is 11.7. The number of fused-ring (bicyclic) bond motifs is 5. The molecule has 5 aliphatic heterocycles. The van der Waals surface area contributed by atoms with Crippen LogP contribution < -0.4 is 23.2 Å². The Labute approximate surface area is 247 Å². The summed E-state index contributed by atoms with van der Waals surface area (Å²) in [5.41, 5.74) is 8.32. The minimum Gasteiger partial charge on any atom is -1.00 e. The van der Waals surface area contributed by atoms with Crippen LogP contribution in [0.4, 0.5) is 0 Å². The Bertz CT molecular complexity index is 1390. The van der Waals surface area contributed by atoms with Crippen molar-refractivity contribution in [1.82, 2.24) is 9.88 Å².